The van der Waals surface area contributed by atoms with Crippen LogP contribution >= 0.6 is 0 Å². The fraction of sp³-hybridized carbons (Fsp3) is 0.333. The molecule has 122 valence electrons. The summed E-state index contributed by atoms with van der Waals surface area (Å²) in [6.07, 6.45) is 0. The minimum Gasteiger partial charge on any atom is -0.459 e. The van der Waals surface area contributed by atoms with Crippen LogP contribution in [0, 0.1) is 10.1 Å². The first-order valence-electron chi connectivity index (χ1n) is 7.20. The molecule has 2 aromatic rings. The normalized spacial score (nSPS) is 17.9. The van der Waals surface area contributed by atoms with Crippen molar-refractivity contribution in [1.82, 2.24) is 4.90 Å². The van der Waals surface area contributed by atoms with Gasteiger partial charge in [-0.05, 0) is 18.2 Å². The van der Waals surface area contributed by atoms with Crippen molar-refractivity contribution in [3.05, 3.63) is 52.3 Å². The lowest BCUT2D eigenvalue weighted by Gasteiger charge is -2.25. The zero-order chi connectivity index (χ0) is 16.4. The number of rotatable bonds is 4. The first-order valence-corrected chi connectivity index (χ1v) is 9.02. The van der Waals surface area contributed by atoms with E-state index in [1.165, 1.54) is 6.07 Å². The van der Waals surface area contributed by atoms with Crippen molar-refractivity contribution in [1.29, 1.82) is 0 Å². The molecule has 0 atom stereocenters. The number of para-hydroxylation sites is 1. The highest BCUT2D eigenvalue weighted by Crippen LogP contribution is 2.31. The average Bonchev–Trinajstić information content (AvgIpc) is 2.98. The molecule has 8 heteroatoms. The summed E-state index contributed by atoms with van der Waals surface area (Å²) in [6.45, 7) is 1.45. The van der Waals surface area contributed by atoms with Gasteiger partial charge < -0.3 is 4.42 Å². The van der Waals surface area contributed by atoms with E-state index >= 15 is 0 Å². The molecule has 1 fully saturated rings. The summed E-state index contributed by atoms with van der Waals surface area (Å²) in [7, 11) is -2.91. The lowest BCUT2D eigenvalue weighted by Crippen LogP contribution is -2.39. The number of sulfone groups is 1. The van der Waals surface area contributed by atoms with Crippen molar-refractivity contribution >= 4 is 15.5 Å². The van der Waals surface area contributed by atoms with E-state index in [-0.39, 0.29) is 17.2 Å². The standard InChI is InChI=1S/C15H16N2O5S/c18-17(19)14-4-2-1-3-13(14)15-6-5-12(22-15)11-16-7-9-23(20,21)10-8-16/h1-6H,7-11H2. The molecular weight excluding hydrogens is 320 g/mol. The van der Waals surface area contributed by atoms with Gasteiger partial charge in [-0.15, -0.1) is 0 Å². The molecule has 1 aliphatic heterocycles. The third-order valence-corrected chi connectivity index (χ3v) is 5.45. The second kappa shape index (κ2) is 6.13. The van der Waals surface area contributed by atoms with Crippen molar-refractivity contribution in [3.8, 4) is 11.3 Å². The van der Waals surface area contributed by atoms with Gasteiger partial charge in [0.15, 0.2) is 9.84 Å². The number of nitro benzene ring substituents is 1. The maximum atomic E-state index is 11.4. The minimum absolute atomic E-state index is 0.00235. The Morgan fingerprint density at radius 2 is 1.83 bits per heavy atom. The second-order valence-corrected chi connectivity index (χ2v) is 7.77. The van der Waals surface area contributed by atoms with Gasteiger partial charge in [0, 0.05) is 19.2 Å². The predicted molar refractivity (Wildman–Crippen MR) is 84.7 cm³/mol. The third kappa shape index (κ3) is 3.59. The Hall–Kier alpha value is -2.19. The molecule has 1 aromatic heterocycles. The van der Waals surface area contributed by atoms with E-state index in [4.69, 9.17) is 4.42 Å². The molecule has 1 aliphatic rings. The van der Waals surface area contributed by atoms with Gasteiger partial charge in [0.25, 0.3) is 5.69 Å². The van der Waals surface area contributed by atoms with Crippen LogP contribution in [0.3, 0.4) is 0 Å². The first-order chi connectivity index (χ1) is 10.9. The predicted octanol–water partition coefficient (Wildman–Crippen LogP) is 2.09. The van der Waals surface area contributed by atoms with Gasteiger partial charge in [-0.3, -0.25) is 15.0 Å². The molecule has 0 saturated carbocycles. The van der Waals surface area contributed by atoms with Crippen LogP contribution in [0.2, 0.25) is 0 Å². The fourth-order valence-electron chi connectivity index (χ4n) is 2.58. The number of furan rings is 1. The van der Waals surface area contributed by atoms with Gasteiger partial charge >= 0.3 is 0 Å². The Labute approximate surface area is 133 Å². The molecule has 7 nitrogen and oxygen atoms in total. The van der Waals surface area contributed by atoms with Crippen LogP contribution in [0.5, 0.6) is 0 Å². The molecule has 0 unspecified atom stereocenters. The van der Waals surface area contributed by atoms with Gasteiger partial charge in [0.2, 0.25) is 0 Å². The minimum atomic E-state index is -2.91. The highest BCUT2D eigenvalue weighted by atomic mass is 32.2. The van der Waals surface area contributed by atoms with E-state index in [1.54, 1.807) is 30.3 Å². The van der Waals surface area contributed by atoms with Gasteiger partial charge in [-0.1, -0.05) is 12.1 Å². The molecule has 23 heavy (non-hydrogen) atoms. The van der Waals surface area contributed by atoms with E-state index < -0.39 is 14.8 Å². The lowest BCUT2D eigenvalue weighted by molar-refractivity contribution is -0.384. The highest BCUT2D eigenvalue weighted by Gasteiger charge is 2.23. The monoisotopic (exact) mass is 336 g/mol. The van der Waals surface area contributed by atoms with E-state index in [2.05, 4.69) is 0 Å². The number of hydrogen-bond donors (Lipinski definition) is 0. The van der Waals surface area contributed by atoms with Crippen molar-refractivity contribution in [3.63, 3.8) is 0 Å². The molecule has 0 spiro atoms. The lowest BCUT2D eigenvalue weighted by atomic mass is 10.1. The van der Waals surface area contributed by atoms with Crippen LogP contribution in [0.1, 0.15) is 5.76 Å². The zero-order valence-corrected chi connectivity index (χ0v) is 13.2. The van der Waals surface area contributed by atoms with Gasteiger partial charge in [-0.25, -0.2) is 8.42 Å². The Morgan fingerprint density at radius 3 is 2.52 bits per heavy atom. The van der Waals surface area contributed by atoms with E-state index in [0.717, 1.165) is 0 Å². The van der Waals surface area contributed by atoms with Crippen LogP contribution < -0.4 is 0 Å². The summed E-state index contributed by atoms with van der Waals surface area (Å²) in [5.41, 5.74) is 0.433. The van der Waals surface area contributed by atoms with Crippen LogP contribution in [0.15, 0.2) is 40.8 Å². The number of hydrogen-bond acceptors (Lipinski definition) is 6. The van der Waals surface area contributed by atoms with Crippen LogP contribution in [-0.2, 0) is 16.4 Å². The SMILES string of the molecule is O=[N+]([O-])c1ccccc1-c1ccc(CN2CCS(=O)(=O)CC2)o1. The van der Waals surface area contributed by atoms with E-state index in [0.29, 0.717) is 36.7 Å². The van der Waals surface area contributed by atoms with Crippen molar-refractivity contribution in [2.45, 2.75) is 6.54 Å². The Balaban J connectivity index is 1.75. The summed E-state index contributed by atoms with van der Waals surface area (Å²) in [4.78, 5) is 12.6. The molecule has 3 rings (SSSR count). The highest BCUT2D eigenvalue weighted by molar-refractivity contribution is 7.91. The molecular formula is C15H16N2O5S. The van der Waals surface area contributed by atoms with Gasteiger partial charge in [-0.2, -0.15) is 0 Å². The largest absolute Gasteiger partial charge is 0.459 e. The fourth-order valence-corrected chi connectivity index (χ4v) is 3.85. The van der Waals surface area contributed by atoms with Crippen LogP contribution in [0.4, 0.5) is 5.69 Å². The second-order valence-electron chi connectivity index (χ2n) is 5.47. The molecule has 0 bridgehead atoms. The summed E-state index contributed by atoms with van der Waals surface area (Å²) < 4.78 is 28.6. The van der Waals surface area contributed by atoms with Gasteiger partial charge in [0.05, 0.1) is 28.5 Å². The number of nitro groups is 1. The topological polar surface area (TPSA) is 93.7 Å². The molecule has 0 N–H and O–H groups in total. The summed E-state index contributed by atoms with van der Waals surface area (Å²) >= 11 is 0. The molecule has 0 radical (unpaired) electrons. The maximum Gasteiger partial charge on any atom is 0.280 e. The molecule has 1 saturated heterocycles. The van der Waals surface area contributed by atoms with Crippen LogP contribution in [-0.4, -0.2) is 42.8 Å². The summed E-state index contributed by atoms with van der Waals surface area (Å²) in [6, 6.07) is 9.90. The number of benzene rings is 1. The first kappa shape index (κ1) is 15.7. The van der Waals surface area contributed by atoms with Gasteiger partial charge in [0.1, 0.15) is 11.5 Å². The quantitative estimate of drug-likeness (QED) is 0.627. The van der Waals surface area contributed by atoms with Crippen LogP contribution in [0.25, 0.3) is 11.3 Å². The van der Waals surface area contributed by atoms with Crippen molar-refractivity contribution in [2.24, 2.45) is 0 Å². The molecule has 1 aromatic carbocycles. The smallest absolute Gasteiger partial charge is 0.280 e. The van der Waals surface area contributed by atoms with Crippen molar-refractivity contribution in [2.75, 3.05) is 24.6 Å². The summed E-state index contributed by atoms with van der Waals surface area (Å²) in [5, 5.41) is 11.1. The van der Waals surface area contributed by atoms with E-state index in [1.807, 2.05) is 4.90 Å². The van der Waals surface area contributed by atoms with E-state index in [9.17, 15) is 18.5 Å². The average molecular weight is 336 g/mol. The zero-order valence-electron chi connectivity index (χ0n) is 12.3. The molecule has 2 heterocycles. The summed E-state index contributed by atoms with van der Waals surface area (Å²) in [5.74, 6) is 1.42. The Morgan fingerprint density at radius 1 is 1.13 bits per heavy atom. The number of nitrogens with zero attached hydrogens (tertiary/aromatic N) is 2. The molecule has 0 aliphatic carbocycles. The Bertz CT molecular complexity index is 814. The molecule has 0 amide bonds. The Kier molecular flexibility index (Phi) is 4.18. The van der Waals surface area contributed by atoms with Crippen molar-refractivity contribution < 1.29 is 17.8 Å². The third-order valence-electron chi connectivity index (χ3n) is 3.84. The maximum absolute atomic E-state index is 11.4.